The molecule has 114 valence electrons. The predicted molar refractivity (Wildman–Crippen MR) is 86.1 cm³/mol. The number of halogens is 1. The van der Waals surface area contributed by atoms with Crippen LogP contribution in [0, 0.1) is 0 Å². The van der Waals surface area contributed by atoms with E-state index in [2.05, 4.69) is 39.0 Å². The Balaban J connectivity index is 2.01. The van der Waals surface area contributed by atoms with Crippen molar-refractivity contribution in [1.82, 2.24) is 14.8 Å². The molecular formula is C15H21BrN4O. The Kier molecular flexibility index (Phi) is 5.76. The molecule has 5 nitrogen and oxygen atoms in total. The topological polar surface area (TPSA) is 66.0 Å². The molecule has 2 aromatic rings. The summed E-state index contributed by atoms with van der Waals surface area (Å²) in [6.45, 7) is 5.37. The molecule has 0 bridgehead atoms. The molecule has 0 amide bonds. The van der Waals surface area contributed by atoms with Crippen molar-refractivity contribution < 1.29 is 4.74 Å². The van der Waals surface area contributed by atoms with Crippen molar-refractivity contribution in [3.63, 3.8) is 0 Å². The summed E-state index contributed by atoms with van der Waals surface area (Å²) in [4.78, 5) is 4.23. The smallest absolute Gasteiger partial charge is 0.164 e. The highest BCUT2D eigenvalue weighted by molar-refractivity contribution is 9.10. The van der Waals surface area contributed by atoms with Gasteiger partial charge in [-0.2, -0.15) is 5.10 Å². The molecule has 0 radical (unpaired) electrons. The lowest BCUT2D eigenvalue weighted by molar-refractivity contribution is 0.284. The van der Waals surface area contributed by atoms with Crippen LogP contribution in [0.2, 0.25) is 0 Å². The molecule has 0 saturated carbocycles. The summed E-state index contributed by atoms with van der Waals surface area (Å²) in [6.07, 6.45) is 3.44. The van der Waals surface area contributed by atoms with Gasteiger partial charge in [0.1, 0.15) is 18.7 Å². The first kappa shape index (κ1) is 16.0. The number of hydrogen-bond donors (Lipinski definition) is 1. The summed E-state index contributed by atoms with van der Waals surface area (Å²) in [5.41, 5.74) is 7.01. The van der Waals surface area contributed by atoms with Crippen LogP contribution in [0.5, 0.6) is 5.75 Å². The fourth-order valence-electron chi connectivity index (χ4n) is 2.10. The lowest BCUT2D eigenvalue weighted by Crippen LogP contribution is -2.17. The van der Waals surface area contributed by atoms with Crippen molar-refractivity contribution in [2.24, 2.45) is 5.73 Å². The Labute approximate surface area is 133 Å². The Hall–Kier alpha value is -1.40. The number of benzene rings is 1. The van der Waals surface area contributed by atoms with Gasteiger partial charge in [0.15, 0.2) is 5.82 Å². The van der Waals surface area contributed by atoms with Crippen molar-refractivity contribution >= 4 is 15.9 Å². The molecule has 0 aliphatic carbocycles. The van der Waals surface area contributed by atoms with Crippen molar-refractivity contribution in [2.45, 2.75) is 45.9 Å². The van der Waals surface area contributed by atoms with Crippen LogP contribution in [0.4, 0.5) is 0 Å². The van der Waals surface area contributed by atoms with Gasteiger partial charge in [0, 0.05) is 12.6 Å². The molecule has 1 unspecified atom stereocenters. The highest BCUT2D eigenvalue weighted by atomic mass is 79.9. The lowest BCUT2D eigenvalue weighted by atomic mass is 10.1. The molecule has 1 heterocycles. The second-order valence-electron chi connectivity index (χ2n) is 5.13. The first-order chi connectivity index (χ1) is 10.1. The number of aryl methyl sites for hydroxylation is 1. The van der Waals surface area contributed by atoms with Crippen molar-refractivity contribution in [1.29, 1.82) is 0 Å². The van der Waals surface area contributed by atoms with E-state index in [0.717, 1.165) is 35.4 Å². The standard InChI is InChI=1S/C15H21BrN4O/c1-3-6-20-15(18-10-19-20)9-21-14-5-4-12(7-11(2)17)8-13(14)16/h4-5,8,10-11H,3,6-7,9,17H2,1-2H3. The van der Waals surface area contributed by atoms with Gasteiger partial charge >= 0.3 is 0 Å². The predicted octanol–water partition coefficient (Wildman–Crippen LogP) is 2.92. The molecule has 1 aromatic carbocycles. The second kappa shape index (κ2) is 7.56. The van der Waals surface area contributed by atoms with E-state index in [1.165, 1.54) is 5.56 Å². The average Bonchev–Trinajstić information content (AvgIpc) is 2.85. The van der Waals surface area contributed by atoms with E-state index in [1.54, 1.807) is 6.33 Å². The summed E-state index contributed by atoms with van der Waals surface area (Å²) < 4.78 is 8.63. The van der Waals surface area contributed by atoms with Gasteiger partial charge in [-0.05, 0) is 53.4 Å². The first-order valence-electron chi connectivity index (χ1n) is 7.13. The Morgan fingerprint density at radius 2 is 2.24 bits per heavy atom. The third-order valence-corrected chi connectivity index (χ3v) is 3.66. The van der Waals surface area contributed by atoms with Gasteiger partial charge in [-0.25, -0.2) is 9.67 Å². The van der Waals surface area contributed by atoms with Gasteiger partial charge in [0.05, 0.1) is 4.47 Å². The maximum Gasteiger partial charge on any atom is 0.164 e. The molecule has 21 heavy (non-hydrogen) atoms. The summed E-state index contributed by atoms with van der Waals surface area (Å²) >= 11 is 3.54. The van der Waals surface area contributed by atoms with E-state index in [1.807, 2.05) is 23.7 Å². The third kappa shape index (κ3) is 4.54. The number of nitrogens with two attached hydrogens (primary N) is 1. The maximum atomic E-state index is 5.83. The van der Waals surface area contributed by atoms with Gasteiger partial charge < -0.3 is 10.5 Å². The summed E-state index contributed by atoms with van der Waals surface area (Å²) in [5, 5.41) is 4.19. The van der Waals surface area contributed by atoms with E-state index in [0.29, 0.717) is 6.61 Å². The van der Waals surface area contributed by atoms with E-state index in [4.69, 9.17) is 10.5 Å². The van der Waals surface area contributed by atoms with Gasteiger partial charge in [-0.15, -0.1) is 0 Å². The Bertz CT molecular complexity index is 583. The average molecular weight is 353 g/mol. The van der Waals surface area contributed by atoms with Crippen LogP contribution in [0.1, 0.15) is 31.7 Å². The molecule has 2 rings (SSSR count). The monoisotopic (exact) mass is 352 g/mol. The number of rotatable bonds is 7. The van der Waals surface area contributed by atoms with Gasteiger partial charge in [0.2, 0.25) is 0 Å². The van der Waals surface area contributed by atoms with Crippen LogP contribution in [-0.2, 0) is 19.6 Å². The fraction of sp³-hybridized carbons (Fsp3) is 0.467. The summed E-state index contributed by atoms with van der Waals surface area (Å²) in [5.74, 6) is 1.64. The fourth-order valence-corrected chi connectivity index (χ4v) is 2.64. The highest BCUT2D eigenvalue weighted by Gasteiger charge is 2.08. The molecule has 1 aromatic heterocycles. The molecular weight excluding hydrogens is 332 g/mol. The first-order valence-corrected chi connectivity index (χ1v) is 7.93. The summed E-state index contributed by atoms with van der Waals surface area (Å²) in [7, 11) is 0. The van der Waals surface area contributed by atoms with Crippen molar-refractivity contribution in [3.8, 4) is 5.75 Å². The van der Waals surface area contributed by atoms with E-state index >= 15 is 0 Å². The zero-order valence-electron chi connectivity index (χ0n) is 12.4. The molecule has 0 spiro atoms. The van der Waals surface area contributed by atoms with Crippen LogP contribution in [0.15, 0.2) is 29.0 Å². The van der Waals surface area contributed by atoms with Crippen LogP contribution in [-0.4, -0.2) is 20.8 Å². The van der Waals surface area contributed by atoms with Crippen LogP contribution in [0.25, 0.3) is 0 Å². The minimum absolute atomic E-state index is 0.149. The second-order valence-corrected chi connectivity index (χ2v) is 5.99. The number of aromatic nitrogens is 3. The molecule has 2 N–H and O–H groups in total. The lowest BCUT2D eigenvalue weighted by Gasteiger charge is -2.11. The molecule has 0 aliphatic rings. The Morgan fingerprint density at radius 3 is 2.90 bits per heavy atom. The number of hydrogen-bond acceptors (Lipinski definition) is 4. The van der Waals surface area contributed by atoms with Gasteiger partial charge in [0.25, 0.3) is 0 Å². The molecule has 0 saturated heterocycles. The molecule has 6 heteroatoms. The van der Waals surface area contributed by atoms with Gasteiger partial charge in [-0.3, -0.25) is 0 Å². The zero-order chi connectivity index (χ0) is 15.2. The molecule has 0 fully saturated rings. The van der Waals surface area contributed by atoms with Crippen LogP contribution >= 0.6 is 15.9 Å². The van der Waals surface area contributed by atoms with Gasteiger partial charge in [-0.1, -0.05) is 13.0 Å². The number of ether oxygens (including phenoxy) is 1. The van der Waals surface area contributed by atoms with Crippen LogP contribution < -0.4 is 10.5 Å². The SMILES string of the molecule is CCCn1ncnc1COc1ccc(CC(C)N)cc1Br. The van der Waals surface area contributed by atoms with E-state index in [-0.39, 0.29) is 6.04 Å². The van der Waals surface area contributed by atoms with E-state index in [9.17, 15) is 0 Å². The Morgan fingerprint density at radius 1 is 1.43 bits per heavy atom. The number of nitrogens with zero attached hydrogens (tertiary/aromatic N) is 3. The molecule has 0 aliphatic heterocycles. The van der Waals surface area contributed by atoms with Crippen molar-refractivity contribution in [3.05, 3.63) is 40.4 Å². The largest absolute Gasteiger partial charge is 0.484 e. The molecule has 1 atom stereocenters. The third-order valence-electron chi connectivity index (χ3n) is 3.04. The minimum atomic E-state index is 0.149. The normalized spacial score (nSPS) is 12.4. The zero-order valence-corrected chi connectivity index (χ0v) is 14.0. The quantitative estimate of drug-likeness (QED) is 0.831. The van der Waals surface area contributed by atoms with E-state index < -0.39 is 0 Å². The minimum Gasteiger partial charge on any atom is -0.484 e. The highest BCUT2D eigenvalue weighted by Crippen LogP contribution is 2.27. The summed E-state index contributed by atoms with van der Waals surface area (Å²) in [6, 6.07) is 6.20. The maximum absolute atomic E-state index is 5.83. The van der Waals surface area contributed by atoms with Crippen molar-refractivity contribution in [2.75, 3.05) is 0 Å². The van der Waals surface area contributed by atoms with Crippen LogP contribution in [0.3, 0.4) is 0 Å².